The molecule has 0 N–H and O–H groups in total. The van der Waals surface area contributed by atoms with Crippen molar-refractivity contribution in [1.29, 1.82) is 0 Å². The highest BCUT2D eigenvalue weighted by Crippen LogP contribution is 2.49. The van der Waals surface area contributed by atoms with Crippen LogP contribution in [0.3, 0.4) is 0 Å². The van der Waals surface area contributed by atoms with E-state index in [0.29, 0.717) is 0 Å². The van der Waals surface area contributed by atoms with Gasteiger partial charge in [-0.15, -0.1) is 0 Å². The Morgan fingerprint density at radius 3 is 1.75 bits per heavy atom. The van der Waals surface area contributed by atoms with Gasteiger partial charge in [0.15, 0.2) is 0 Å². The SMILES string of the molecule is CC1(C)c2ccccc2-c2ccc(-n3c4cccc(c4)c4cccc(c4)n(-c4cccc5c6ccccc6n(-c6ccccc6)c45)c4ccc5oc6ccc3cc6c5c4)cc21. The lowest BCUT2D eigenvalue weighted by Gasteiger charge is -2.22. The number of hydrogen-bond donors (Lipinski definition) is 0. The van der Waals surface area contributed by atoms with Crippen molar-refractivity contribution >= 4 is 76.6 Å². The van der Waals surface area contributed by atoms with E-state index in [2.05, 4.69) is 228 Å². The van der Waals surface area contributed by atoms with Crippen LogP contribution in [-0.2, 0) is 5.41 Å². The average molecular weight is 782 g/mol. The number of fused-ring (bicyclic) bond motifs is 13. The molecule has 9 aromatic carbocycles. The van der Waals surface area contributed by atoms with Gasteiger partial charge in [-0.1, -0.05) is 117 Å². The minimum absolute atomic E-state index is 0.125. The van der Waals surface area contributed by atoms with Gasteiger partial charge in [-0.3, -0.25) is 0 Å². The second-order valence-electron chi connectivity index (χ2n) is 17.0. The van der Waals surface area contributed by atoms with Crippen LogP contribution in [0.25, 0.3) is 105 Å². The van der Waals surface area contributed by atoms with Crippen LogP contribution in [-0.4, -0.2) is 13.7 Å². The van der Waals surface area contributed by atoms with Crippen molar-refractivity contribution in [3.05, 3.63) is 211 Å². The molecule has 12 aromatic rings. The first kappa shape index (κ1) is 34.1. The van der Waals surface area contributed by atoms with Crippen molar-refractivity contribution in [2.75, 3.05) is 0 Å². The Balaban J connectivity index is 1.16. The zero-order chi connectivity index (χ0) is 40.4. The van der Waals surface area contributed by atoms with Crippen LogP contribution < -0.4 is 0 Å². The molecule has 8 bridgehead atoms. The molecule has 0 fully saturated rings. The van der Waals surface area contributed by atoms with Gasteiger partial charge >= 0.3 is 0 Å². The molecule has 1 aliphatic carbocycles. The van der Waals surface area contributed by atoms with E-state index >= 15 is 0 Å². The smallest absolute Gasteiger partial charge is 0.135 e. The summed E-state index contributed by atoms with van der Waals surface area (Å²) in [5.41, 5.74) is 16.9. The van der Waals surface area contributed by atoms with E-state index < -0.39 is 0 Å². The molecule has 0 aliphatic heterocycles. The molecular formula is C57H39N3O. The highest BCUT2D eigenvalue weighted by atomic mass is 16.3. The molecule has 288 valence electrons. The maximum Gasteiger partial charge on any atom is 0.135 e. The van der Waals surface area contributed by atoms with Gasteiger partial charge in [0.25, 0.3) is 0 Å². The molecule has 3 heterocycles. The van der Waals surface area contributed by atoms with Crippen LogP contribution in [0.2, 0.25) is 0 Å². The van der Waals surface area contributed by atoms with Crippen molar-refractivity contribution in [3.63, 3.8) is 0 Å². The van der Waals surface area contributed by atoms with Crippen LogP contribution >= 0.6 is 0 Å². The van der Waals surface area contributed by atoms with Gasteiger partial charge < -0.3 is 18.1 Å². The van der Waals surface area contributed by atoms with E-state index in [-0.39, 0.29) is 5.41 Å². The summed E-state index contributed by atoms with van der Waals surface area (Å²) in [5, 5.41) is 6.87. The number of furan rings is 1. The number of benzene rings is 9. The highest BCUT2D eigenvalue weighted by molar-refractivity contribution is 6.13. The van der Waals surface area contributed by atoms with E-state index in [1.165, 1.54) is 38.5 Å². The Labute approximate surface area is 352 Å². The fraction of sp³-hybridized carbons (Fsp3) is 0.0526. The molecule has 0 unspecified atom stereocenters. The number of rotatable bonds is 3. The molecule has 4 nitrogen and oxygen atoms in total. The Hall–Kier alpha value is -7.82. The number of aromatic nitrogens is 3. The van der Waals surface area contributed by atoms with E-state index in [4.69, 9.17) is 4.42 Å². The molecule has 13 rings (SSSR count). The van der Waals surface area contributed by atoms with E-state index in [1.807, 2.05) is 0 Å². The fourth-order valence-corrected chi connectivity index (χ4v) is 10.4. The number of nitrogens with zero attached hydrogens (tertiary/aromatic N) is 3. The first-order valence-corrected chi connectivity index (χ1v) is 21.1. The molecule has 4 heteroatoms. The van der Waals surface area contributed by atoms with E-state index in [0.717, 1.165) is 77.4 Å². The number of hydrogen-bond acceptors (Lipinski definition) is 1. The molecule has 0 radical (unpaired) electrons. The van der Waals surface area contributed by atoms with Crippen LogP contribution in [0.1, 0.15) is 25.0 Å². The van der Waals surface area contributed by atoms with Crippen molar-refractivity contribution < 1.29 is 4.42 Å². The Morgan fingerprint density at radius 1 is 0.377 bits per heavy atom. The highest BCUT2D eigenvalue weighted by Gasteiger charge is 2.35. The standard InChI is InChI=1S/C57H39N3O/c1-57(2)50-22-8-6-19-44(50)45-28-25-43(35-51(45)57)58-39-17-10-13-36(31-39)37-14-11-18-40(32-37)59(42-27-30-55-49(34-42)48-33-41(58)26-29-54(48)61-55)53-24-12-21-47-46-20-7-9-23-52(46)60(56(47)53)38-15-4-3-5-16-38/h3-35H,1-2H3. The van der Waals surface area contributed by atoms with Gasteiger partial charge in [0, 0.05) is 60.4 Å². The zero-order valence-electron chi connectivity index (χ0n) is 33.8. The predicted molar refractivity (Wildman–Crippen MR) is 254 cm³/mol. The van der Waals surface area contributed by atoms with Crippen molar-refractivity contribution in [1.82, 2.24) is 13.7 Å². The Kier molecular flexibility index (Phi) is 7.04. The lowest BCUT2D eigenvalue weighted by molar-refractivity contribution is 0.660. The van der Waals surface area contributed by atoms with Crippen LogP contribution in [0.4, 0.5) is 0 Å². The third-order valence-electron chi connectivity index (χ3n) is 13.2. The van der Waals surface area contributed by atoms with Crippen molar-refractivity contribution in [3.8, 4) is 28.2 Å². The first-order valence-electron chi connectivity index (χ1n) is 21.1. The molecule has 0 spiro atoms. The summed E-state index contributed by atoms with van der Waals surface area (Å²) in [7, 11) is 0. The summed E-state index contributed by atoms with van der Waals surface area (Å²) in [6, 6.07) is 73.4. The minimum atomic E-state index is -0.125. The van der Waals surface area contributed by atoms with Crippen molar-refractivity contribution in [2.24, 2.45) is 0 Å². The second kappa shape index (κ2) is 12.6. The van der Waals surface area contributed by atoms with Crippen LogP contribution in [0, 0.1) is 0 Å². The molecule has 61 heavy (non-hydrogen) atoms. The van der Waals surface area contributed by atoms with Crippen molar-refractivity contribution in [2.45, 2.75) is 19.3 Å². The quantitative estimate of drug-likeness (QED) is 0.175. The minimum Gasteiger partial charge on any atom is -0.456 e. The van der Waals surface area contributed by atoms with Gasteiger partial charge in [-0.2, -0.15) is 0 Å². The predicted octanol–water partition coefficient (Wildman–Crippen LogP) is 15.2. The Bertz CT molecular complexity index is 3850. The summed E-state index contributed by atoms with van der Waals surface area (Å²) in [6.07, 6.45) is 0. The van der Waals surface area contributed by atoms with Gasteiger partial charge in [0.05, 0.1) is 16.7 Å². The largest absolute Gasteiger partial charge is 0.456 e. The monoisotopic (exact) mass is 781 g/mol. The summed E-state index contributed by atoms with van der Waals surface area (Å²) in [4.78, 5) is 0. The summed E-state index contributed by atoms with van der Waals surface area (Å²) < 4.78 is 13.9. The van der Waals surface area contributed by atoms with Crippen LogP contribution in [0.5, 0.6) is 0 Å². The molecule has 0 amide bonds. The molecule has 0 saturated carbocycles. The molecule has 3 aromatic heterocycles. The van der Waals surface area contributed by atoms with Gasteiger partial charge in [-0.05, 0) is 130 Å². The average Bonchev–Trinajstić information content (AvgIpc) is 3.92. The van der Waals surface area contributed by atoms with E-state index in [9.17, 15) is 0 Å². The van der Waals surface area contributed by atoms with Gasteiger partial charge in [0.2, 0.25) is 0 Å². The summed E-state index contributed by atoms with van der Waals surface area (Å²) in [6.45, 7) is 4.70. The molecular weight excluding hydrogens is 743 g/mol. The second-order valence-corrected chi connectivity index (χ2v) is 17.0. The zero-order valence-corrected chi connectivity index (χ0v) is 33.8. The molecule has 1 aliphatic rings. The third-order valence-corrected chi connectivity index (χ3v) is 13.2. The molecule has 0 saturated heterocycles. The lowest BCUT2D eigenvalue weighted by atomic mass is 9.82. The maximum absolute atomic E-state index is 6.62. The normalized spacial score (nSPS) is 13.2. The van der Waals surface area contributed by atoms with Gasteiger partial charge in [-0.25, -0.2) is 0 Å². The van der Waals surface area contributed by atoms with Crippen LogP contribution in [0.15, 0.2) is 205 Å². The first-order chi connectivity index (χ1) is 30.0. The maximum atomic E-state index is 6.62. The molecule has 0 atom stereocenters. The summed E-state index contributed by atoms with van der Waals surface area (Å²) in [5.74, 6) is 0. The Morgan fingerprint density at radius 2 is 0.984 bits per heavy atom. The summed E-state index contributed by atoms with van der Waals surface area (Å²) >= 11 is 0. The van der Waals surface area contributed by atoms with Gasteiger partial charge in [0.1, 0.15) is 11.2 Å². The topological polar surface area (TPSA) is 27.9 Å². The lowest BCUT2D eigenvalue weighted by Crippen LogP contribution is -2.15. The fourth-order valence-electron chi connectivity index (χ4n) is 10.4. The number of para-hydroxylation sites is 3. The van der Waals surface area contributed by atoms with E-state index in [1.54, 1.807) is 0 Å². The third kappa shape index (κ3) is 4.93.